The van der Waals surface area contributed by atoms with Gasteiger partial charge in [-0.15, -0.1) is 12.4 Å². The Labute approximate surface area is 124 Å². The number of methoxy groups -OCH3 is 1. The predicted molar refractivity (Wildman–Crippen MR) is 78.2 cm³/mol. The van der Waals surface area contributed by atoms with Crippen LogP contribution in [0.3, 0.4) is 0 Å². The van der Waals surface area contributed by atoms with Gasteiger partial charge in [-0.1, -0.05) is 18.2 Å². The Morgan fingerprint density at radius 3 is 2.85 bits per heavy atom. The Hall–Kier alpha value is -1.10. The molecule has 0 bridgehead atoms. The van der Waals surface area contributed by atoms with E-state index >= 15 is 0 Å². The van der Waals surface area contributed by atoms with Gasteiger partial charge in [-0.25, -0.2) is 0 Å². The van der Waals surface area contributed by atoms with Gasteiger partial charge >= 0.3 is 0 Å². The third-order valence-electron chi connectivity index (χ3n) is 4.57. The third-order valence-corrected chi connectivity index (χ3v) is 4.57. The standard InChI is InChI=1S/C15H19NO3.ClH/c1-19-14-5-3-2-4-11(14)15(18)7-6-13(17)10-8-16-9-12(10)15;/h2-5,10,12,16,18H,6-9H2,1H3;1H. The van der Waals surface area contributed by atoms with E-state index in [1.54, 1.807) is 7.11 Å². The van der Waals surface area contributed by atoms with Crippen molar-refractivity contribution in [3.05, 3.63) is 29.8 Å². The fourth-order valence-electron chi connectivity index (χ4n) is 3.54. The minimum Gasteiger partial charge on any atom is -0.496 e. The van der Waals surface area contributed by atoms with Crippen LogP contribution in [0, 0.1) is 11.8 Å². The van der Waals surface area contributed by atoms with Crippen LogP contribution in [-0.4, -0.2) is 31.1 Å². The molecular weight excluding hydrogens is 278 g/mol. The molecule has 1 aromatic rings. The number of fused-ring (bicyclic) bond motifs is 1. The molecule has 3 unspecified atom stereocenters. The molecule has 1 saturated carbocycles. The van der Waals surface area contributed by atoms with E-state index in [2.05, 4.69) is 5.32 Å². The van der Waals surface area contributed by atoms with Crippen molar-refractivity contribution in [3.8, 4) is 5.75 Å². The summed E-state index contributed by atoms with van der Waals surface area (Å²) in [5.41, 5.74) is -0.155. The number of carbonyl (C=O) groups excluding carboxylic acids is 1. The maximum absolute atomic E-state index is 12.0. The molecule has 2 N–H and O–H groups in total. The number of Topliss-reactive ketones (excluding diaryl/α,β-unsaturated/α-hetero) is 1. The third kappa shape index (κ3) is 2.22. The molecule has 0 amide bonds. The molecule has 3 rings (SSSR count). The lowest BCUT2D eigenvalue weighted by Crippen LogP contribution is -2.46. The second kappa shape index (κ2) is 5.72. The van der Waals surface area contributed by atoms with Crippen molar-refractivity contribution >= 4 is 18.2 Å². The number of hydrogen-bond donors (Lipinski definition) is 2. The molecule has 0 aromatic heterocycles. The number of halogens is 1. The molecular formula is C15H20ClNO3. The summed E-state index contributed by atoms with van der Waals surface area (Å²) in [5.74, 6) is 0.855. The average Bonchev–Trinajstić information content (AvgIpc) is 2.94. The number of para-hydroxylation sites is 1. The average molecular weight is 298 g/mol. The van der Waals surface area contributed by atoms with Gasteiger partial charge in [0.25, 0.3) is 0 Å². The first kappa shape index (κ1) is 15.3. The monoisotopic (exact) mass is 297 g/mol. The first-order chi connectivity index (χ1) is 9.16. The molecule has 20 heavy (non-hydrogen) atoms. The molecule has 1 aliphatic carbocycles. The zero-order valence-corrected chi connectivity index (χ0v) is 12.3. The van der Waals surface area contributed by atoms with Crippen molar-refractivity contribution < 1.29 is 14.6 Å². The van der Waals surface area contributed by atoms with Crippen LogP contribution in [0.5, 0.6) is 5.75 Å². The van der Waals surface area contributed by atoms with Gasteiger partial charge in [-0.3, -0.25) is 4.79 Å². The van der Waals surface area contributed by atoms with Crippen LogP contribution in [-0.2, 0) is 10.4 Å². The molecule has 1 aromatic carbocycles. The number of rotatable bonds is 2. The summed E-state index contributed by atoms with van der Waals surface area (Å²) in [4.78, 5) is 12.0. The topological polar surface area (TPSA) is 58.6 Å². The van der Waals surface area contributed by atoms with E-state index in [4.69, 9.17) is 4.74 Å². The zero-order valence-electron chi connectivity index (χ0n) is 11.5. The second-order valence-electron chi connectivity index (χ2n) is 5.46. The number of ketones is 1. The lowest BCUT2D eigenvalue weighted by atomic mass is 9.67. The second-order valence-corrected chi connectivity index (χ2v) is 5.46. The van der Waals surface area contributed by atoms with Crippen LogP contribution in [0.25, 0.3) is 0 Å². The molecule has 1 aliphatic heterocycles. The molecule has 5 heteroatoms. The number of hydrogen-bond acceptors (Lipinski definition) is 4. The smallest absolute Gasteiger partial charge is 0.137 e. The SMILES string of the molecule is COc1ccccc1C1(O)CCC(=O)C2CNCC21.Cl. The summed E-state index contributed by atoms with van der Waals surface area (Å²) in [5, 5.41) is 14.4. The Bertz CT molecular complexity index is 508. The van der Waals surface area contributed by atoms with Gasteiger partial charge in [0.05, 0.1) is 12.7 Å². The fourth-order valence-corrected chi connectivity index (χ4v) is 3.54. The number of ether oxygens (including phenoxy) is 1. The Morgan fingerprint density at radius 2 is 2.10 bits per heavy atom. The summed E-state index contributed by atoms with van der Waals surface area (Å²) < 4.78 is 5.37. The summed E-state index contributed by atoms with van der Waals surface area (Å²) in [7, 11) is 1.61. The largest absolute Gasteiger partial charge is 0.496 e. The number of benzene rings is 1. The summed E-state index contributed by atoms with van der Waals surface area (Å²) in [6, 6.07) is 7.57. The van der Waals surface area contributed by atoms with Crippen molar-refractivity contribution in [3.63, 3.8) is 0 Å². The van der Waals surface area contributed by atoms with Gasteiger partial charge in [0.1, 0.15) is 11.5 Å². The molecule has 4 nitrogen and oxygen atoms in total. The Balaban J connectivity index is 0.00000147. The Kier molecular flexibility index (Phi) is 4.37. The van der Waals surface area contributed by atoms with Gasteiger partial charge in [-0.2, -0.15) is 0 Å². The summed E-state index contributed by atoms with van der Waals surface area (Å²) in [6.45, 7) is 1.37. The van der Waals surface area contributed by atoms with E-state index in [0.29, 0.717) is 31.7 Å². The quantitative estimate of drug-likeness (QED) is 0.869. The van der Waals surface area contributed by atoms with E-state index in [1.165, 1.54) is 0 Å². The normalized spacial score (nSPS) is 32.4. The first-order valence-corrected chi connectivity index (χ1v) is 6.76. The number of aliphatic hydroxyl groups is 1. The Morgan fingerprint density at radius 1 is 1.35 bits per heavy atom. The molecule has 2 aliphatic rings. The van der Waals surface area contributed by atoms with Crippen LogP contribution in [0.2, 0.25) is 0 Å². The lowest BCUT2D eigenvalue weighted by molar-refractivity contribution is -0.137. The van der Waals surface area contributed by atoms with Crippen molar-refractivity contribution in [2.75, 3.05) is 20.2 Å². The fraction of sp³-hybridized carbons (Fsp3) is 0.533. The summed E-state index contributed by atoms with van der Waals surface area (Å²) in [6.07, 6.45) is 0.923. The zero-order chi connectivity index (χ0) is 13.5. The minimum absolute atomic E-state index is 0. The van der Waals surface area contributed by atoms with E-state index in [9.17, 15) is 9.90 Å². The molecule has 1 saturated heterocycles. The van der Waals surface area contributed by atoms with Crippen LogP contribution in [0.4, 0.5) is 0 Å². The van der Waals surface area contributed by atoms with Crippen molar-refractivity contribution in [2.24, 2.45) is 11.8 Å². The highest BCUT2D eigenvalue weighted by Crippen LogP contribution is 2.47. The molecule has 3 atom stereocenters. The number of nitrogens with one attached hydrogen (secondary N) is 1. The highest BCUT2D eigenvalue weighted by molar-refractivity contribution is 5.85. The highest BCUT2D eigenvalue weighted by atomic mass is 35.5. The predicted octanol–water partition coefficient (Wildman–Crippen LogP) is 1.50. The van der Waals surface area contributed by atoms with Gasteiger partial charge in [0, 0.05) is 36.9 Å². The highest BCUT2D eigenvalue weighted by Gasteiger charge is 2.51. The van der Waals surface area contributed by atoms with Gasteiger partial charge < -0.3 is 15.2 Å². The van der Waals surface area contributed by atoms with Crippen molar-refractivity contribution in [1.29, 1.82) is 0 Å². The van der Waals surface area contributed by atoms with E-state index < -0.39 is 5.60 Å². The molecule has 2 fully saturated rings. The number of carbonyl (C=O) groups is 1. The minimum atomic E-state index is -0.964. The van der Waals surface area contributed by atoms with Crippen LogP contribution >= 0.6 is 12.4 Å². The summed E-state index contributed by atoms with van der Waals surface area (Å²) >= 11 is 0. The van der Waals surface area contributed by atoms with Crippen molar-refractivity contribution in [1.82, 2.24) is 5.32 Å². The first-order valence-electron chi connectivity index (χ1n) is 6.76. The van der Waals surface area contributed by atoms with Crippen LogP contribution in [0.1, 0.15) is 18.4 Å². The molecule has 0 spiro atoms. The lowest BCUT2D eigenvalue weighted by Gasteiger charge is -2.41. The van der Waals surface area contributed by atoms with Crippen LogP contribution < -0.4 is 10.1 Å². The van der Waals surface area contributed by atoms with E-state index in [0.717, 1.165) is 5.56 Å². The molecule has 110 valence electrons. The van der Waals surface area contributed by atoms with Crippen molar-refractivity contribution in [2.45, 2.75) is 18.4 Å². The maximum Gasteiger partial charge on any atom is 0.137 e. The van der Waals surface area contributed by atoms with E-state index in [-0.39, 0.29) is 30.0 Å². The van der Waals surface area contributed by atoms with Gasteiger partial charge in [0.2, 0.25) is 0 Å². The van der Waals surface area contributed by atoms with Crippen LogP contribution in [0.15, 0.2) is 24.3 Å². The molecule has 1 heterocycles. The van der Waals surface area contributed by atoms with Gasteiger partial charge in [0.15, 0.2) is 0 Å². The molecule has 0 radical (unpaired) electrons. The maximum atomic E-state index is 12.0. The van der Waals surface area contributed by atoms with Gasteiger partial charge in [-0.05, 0) is 12.5 Å². The van der Waals surface area contributed by atoms with E-state index in [1.807, 2.05) is 24.3 Å².